The van der Waals surface area contributed by atoms with Gasteiger partial charge in [-0.2, -0.15) is 0 Å². The molecule has 5 nitrogen and oxygen atoms in total. The summed E-state index contributed by atoms with van der Waals surface area (Å²) >= 11 is 0. The number of hydrogen-bond donors (Lipinski definition) is 0. The molecule has 0 bridgehead atoms. The van der Waals surface area contributed by atoms with Crippen LogP contribution in [0.1, 0.15) is 61.5 Å². The molecule has 1 aliphatic rings. The molecule has 0 aliphatic carbocycles. The van der Waals surface area contributed by atoms with Gasteiger partial charge < -0.3 is 14.5 Å². The van der Waals surface area contributed by atoms with Crippen molar-refractivity contribution < 1.29 is 14.3 Å². The normalized spacial score (nSPS) is 17.1. The van der Waals surface area contributed by atoms with Crippen LogP contribution in [0.3, 0.4) is 0 Å². The predicted octanol–water partition coefficient (Wildman–Crippen LogP) is 6.40. The maximum atomic E-state index is 13.7. The summed E-state index contributed by atoms with van der Waals surface area (Å²) < 4.78 is 5.33. The summed E-state index contributed by atoms with van der Waals surface area (Å²) in [6, 6.07) is 24.8. The van der Waals surface area contributed by atoms with Crippen molar-refractivity contribution in [1.29, 1.82) is 0 Å². The minimum absolute atomic E-state index is 0.0686. The first kappa shape index (κ1) is 23.6. The first-order valence-corrected chi connectivity index (χ1v) is 12.0. The van der Waals surface area contributed by atoms with Gasteiger partial charge in [0, 0.05) is 29.4 Å². The van der Waals surface area contributed by atoms with E-state index < -0.39 is 0 Å². The zero-order valence-corrected chi connectivity index (χ0v) is 20.1. The van der Waals surface area contributed by atoms with Gasteiger partial charge in [-0.1, -0.05) is 55.8 Å². The molecular weight excluding hydrogens is 424 g/mol. The third kappa shape index (κ3) is 4.69. The Balaban J connectivity index is 1.76. The van der Waals surface area contributed by atoms with Gasteiger partial charge in [0.05, 0.1) is 13.2 Å². The third-order valence-corrected chi connectivity index (χ3v) is 6.45. The molecule has 5 heteroatoms. The second-order valence-electron chi connectivity index (χ2n) is 8.77. The van der Waals surface area contributed by atoms with Crippen LogP contribution < -0.4 is 14.5 Å². The molecule has 1 heterocycles. The SMILES string of the molecule is CCCCC(=O)N(c1ccccc1)[C@@H]1C[C@H](C)N(C(=O)c2cccc(OC)c2)c2ccccc21. The lowest BCUT2D eigenvalue weighted by atomic mass is 9.89. The summed E-state index contributed by atoms with van der Waals surface area (Å²) in [4.78, 5) is 30.9. The molecule has 0 saturated carbocycles. The molecule has 4 rings (SSSR count). The minimum atomic E-state index is -0.146. The number of hydrogen-bond acceptors (Lipinski definition) is 3. The molecule has 0 N–H and O–H groups in total. The van der Waals surface area contributed by atoms with Gasteiger partial charge in [-0.25, -0.2) is 0 Å². The molecule has 0 spiro atoms. The van der Waals surface area contributed by atoms with E-state index in [4.69, 9.17) is 4.74 Å². The van der Waals surface area contributed by atoms with E-state index >= 15 is 0 Å². The number of unbranched alkanes of at least 4 members (excludes halogenated alkanes) is 1. The van der Waals surface area contributed by atoms with Gasteiger partial charge in [-0.15, -0.1) is 0 Å². The Labute approximate surface area is 202 Å². The maximum Gasteiger partial charge on any atom is 0.258 e. The zero-order valence-electron chi connectivity index (χ0n) is 20.1. The van der Waals surface area contributed by atoms with E-state index in [2.05, 4.69) is 13.8 Å². The molecule has 0 fully saturated rings. The summed E-state index contributed by atoms with van der Waals surface area (Å²) in [5.74, 6) is 0.701. The molecule has 3 aromatic carbocycles. The van der Waals surface area contributed by atoms with Crippen LogP contribution in [-0.4, -0.2) is 25.0 Å². The largest absolute Gasteiger partial charge is 0.497 e. The average molecular weight is 457 g/mol. The summed E-state index contributed by atoms with van der Waals surface area (Å²) in [6.45, 7) is 4.15. The third-order valence-electron chi connectivity index (χ3n) is 6.45. The van der Waals surface area contributed by atoms with Crippen molar-refractivity contribution in [1.82, 2.24) is 0 Å². The summed E-state index contributed by atoms with van der Waals surface area (Å²) in [5.41, 5.74) is 3.32. The van der Waals surface area contributed by atoms with Gasteiger partial charge in [-0.05, 0) is 61.7 Å². The van der Waals surface area contributed by atoms with E-state index in [0.29, 0.717) is 24.2 Å². The van der Waals surface area contributed by atoms with E-state index in [9.17, 15) is 9.59 Å². The first-order valence-electron chi connectivity index (χ1n) is 12.0. The van der Waals surface area contributed by atoms with E-state index in [1.54, 1.807) is 13.2 Å². The summed E-state index contributed by atoms with van der Waals surface area (Å²) in [5, 5.41) is 0. The van der Waals surface area contributed by atoms with Crippen LogP contribution in [0.25, 0.3) is 0 Å². The van der Waals surface area contributed by atoms with Gasteiger partial charge in [0.1, 0.15) is 5.75 Å². The molecule has 2 atom stereocenters. The maximum absolute atomic E-state index is 13.7. The van der Waals surface area contributed by atoms with Gasteiger partial charge in [0.15, 0.2) is 0 Å². The van der Waals surface area contributed by atoms with Crippen molar-refractivity contribution in [3.8, 4) is 5.75 Å². The lowest BCUT2D eigenvalue weighted by molar-refractivity contribution is -0.119. The standard InChI is InChI=1S/C29H32N2O3/c1-4-5-18-28(32)31(23-13-7-6-8-14-23)27-19-21(2)30(26-17-10-9-16-25(26)27)29(33)22-12-11-15-24(20-22)34-3/h6-17,20-21,27H,4-5,18-19H2,1-3H3/t21-,27+/m0/s1. The highest BCUT2D eigenvalue weighted by atomic mass is 16.5. The average Bonchev–Trinajstić information content (AvgIpc) is 2.88. The molecule has 0 unspecified atom stereocenters. The van der Waals surface area contributed by atoms with Gasteiger partial charge in [0.25, 0.3) is 5.91 Å². The number of carbonyl (C=O) groups excluding carboxylic acids is 2. The van der Waals surface area contributed by atoms with Crippen LogP contribution in [0.2, 0.25) is 0 Å². The number of fused-ring (bicyclic) bond motifs is 1. The quantitative estimate of drug-likeness (QED) is 0.413. The van der Waals surface area contributed by atoms with Crippen LogP contribution >= 0.6 is 0 Å². The number of ether oxygens (including phenoxy) is 1. The van der Waals surface area contributed by atoms with Crippen LogP contribution in [0.4, 0.5) is 11.4 Å². The Morgan fingerprint density at radius 1 is 1.00 bits per heavy atom. The fraction of sp³-hybridized carbons (Fsp3) is 0.310. The number of rotatable bonds is 7. The molecule has 3 aromatic rings. The number of anilines is 2. The number of amides is 2. The molecular formula is C29H32N2O3. The van der Waals surface area contributed by atoms with E-state index in [1.165, 1.54) is 0 Å². The molecule has 0 aromatic heterocycles. The predicted molar refractivity (Wildman–Crippen MR) is 137 cm³/mol. The first-order chi connectivity index (χ1) is 16.5. The Kier molecular flexibility index (Phi) is 7.31. The topological polar surface area (TPSA) is 49.9 Å². The number of methoxy groups -OCH3 is 1. The lowest BCUT2D eigenvalue weighted by Crippen LogP contribution is -2.47. The number of benzene rings is 3. The van der Waals surface area contributed by atoms with Gasteiger partial charge >= 0.3 is 0 Å². The van der Waals surface area contributed by atoms with Gasteiger partial charge in [-0.3, -0.25) is 9.59 Å². The summed E-state index contributed by atoms with van der Waals surface area (Å²) in [6.07, 6.45) is 2.98. The van der Waals surface area contributed by atoms with E-state index in [1.807, 2.05) is 82.6 Å². The molecule has 0 saturated heterocycles. The molecule has 34 heavy (non-hydrogen) atoms. The Morgan fingerprint density at radius 3 is 2.47 bits per heavy atom. The summed E-state index contributed by atoms with van der Waals surface area (Å²) in [7, 11) is 1.60. The van der Waals surface area contributed by atoms with Crippen molar-refractivity contribution in [2.75, 3.05) is 16.9 Å². The highest BCUT2D eigenvalue weighted by Crippen LogP contribution is 2.43. The van der Waals surface area contributed by atoms with Crippen LogP contribution in [0.5, 0.6) is 5.75 Å². The smallest absolute Gasteiger partial charge is 0.258 e. The lowest BCUT2D eigenvalue weighted by Gasteiger charge is -2.43. The Morgan fingerprint density at radius 2 is 1.74 bits per heavy atom. The van der Waals surface area contributed by atoms with E-state index in [-0.39, 0.29) is 23.9 Å². The van der Waals surface area contributed by atoms with Gasteiger partial charge in [0.2, 0.25) is 5.91 Å². The molecule has 0 radical (unpaired) electrons. The Bertz CT molecular complexity index is 1140. The Hall–Kier alpha value is -3.60. The van der Waals surface area contributed by atoms with Crippen molar-refractivity contribution >= 4 is 23.2 Å². The number of carbonyl (C=O) groups is 2. The molecule has 176 valence electrons. The fourth-order valence-corrected chi connectivity index (χ4v) is 4.77. The highest BCUT2D eigenvalue weighted by molar-refractivity contribution is 6.08. The van der Waals surface area contributed by atoms with Crippen LogP contribution in [0.15, 0.2) is 78.9 Å². The molecule has 2 amide bonds. The second-order valence-corrected chi connectivity index (χ2v) is 8.77. The van der Waals surface area contributed by atoms with Crippen LogP contribution in [0, 0.1) is 0 Å². The highest BCUT2D eigenvalue weighted by Gasteiger charge is 2.38. The van der Waals surface area contributed by atoms with E-state index in [0.717, 1.165) is 29.8 Å². The minimum Gasteiger partial charge on any atom is -0.497 e. The number of para-hydroxylation sites is 2. The second kappa shape index (κ2) is 10.6. The fourth-order valence-electron chi connectivity index (χ4n) is 4.77. The number of nitrogens with zero attached hydrogens (tertiary/aromatic N) is 2. The van der Waals surface area contributed by atoms with Crippen molar-refractivity contribution in [2.24, 2.45) is 0 Å². The molecule has 1 aliphatic heterocycles. The zero-order chi connectivity index (χ0) is 24.1. The van der Waals surface area contributed by atoms with Crippen molar-refractivity contribution in [3.05, 3.63) is 90.0 Å². The van der Waals surface area contributed by atoms with Crippen molar-refractivity contribution in [2.45, 2.75) is 51.6 Å². The van der Waals surface area contributed by atoms with Crippen LogP contribution in [-0.2, 0) is 4.79 Å². The monoisotopic (exact) mass is 456 g/mol. The van der Waals surface area contributed by atoms with Crippen molar-refractivity contribution in [3.63, 3.8) is 0 Å².